The van der Waals surface area contributed by atoms with Crippen LogP contribution in [0, 0.1) is 18.3 Å². The summed E-state index contributed by atoms with van der Waals surface area (Å²) in [5.74, 6) is -0.300. The zero-order valence-electron chi connectivity index (χ0n) is 22.4. The van der Waals surface area contributed by atoms with Crippen LogP contribution in [0.1, 0.15) is 76.2 Å². The van der Waals surface area contributed by atoms with Crippen LogP contribution in [-0.2, 0) is 4.79 Å². The van der Waals surface area contributed by atoms with Crippen LogP contribution in [-0.4, -0.2) is 30.6 Å². The lowest BCUT2D eigenvalue weighted by atomic mass is 9.75. The van der Waals surface area contributed by atoms with Crippen molar-refractivity contribution in [2.24, 2.45) is 0 Å². The molecule has 0 spiro atoms. The summed E-state index contributed by atoms with van der Waals surface area (Å²) in [6, 6.07) is 22.3. The van der Waals surface area contributed by atoms with Crippen molar-refractivity contribution in [2.75, 3.05) is 13.7 Å². The first kappa shape index (κ1) is 27.9. The summed E-state index contributed by atoms with van der Waals surface area (Å²) in [5, 5.41) is 24.6. The third-order valence-electron chi connectivity index (χ3n) is 7.01. The highest BCUT2D eigenvalue weighted by atomic mass is 32.1. The number of carbonyl (C=O) groups excluding carboxylic acids is 1. The average molecular weight is 541 g/mol. The van der Waals surface area contributed by atoms with Crippen LogP contribution >= 0.6 is 11.3 Å². The number of carboxylic acid groups (broad SMARTS) is 1. The summed E-state index contributed by atoms with van der Waals surface area (Å²) in [5.41, 5.74) is 5.71. The Balaban J connectivity index is 1.78. The van der Waals surface area contributed by atoms with Gasteiger partial charge in [-0.25, -0.2) is 0 Å². The standard InChI is InChI=1S/C32H32N2O4S/c1-4-5-26(21-6-8-23(9-7-21)32(37)34-15-14-29(35)36)30(22-10-12-25(38-3)13-11-22)28-19-39-31-24(18-33)16-20(2)17-27(28)31/h6-13,16-17,19,26,30H,4-5,14-15H2,1-3H3,(H,34,37)(H,35,36). The predicted octanol–water partition coefficient (Wildman–Crippen LogP) is 7.01. The maximum atomic E-state index is 12.5. The Hall–Kier alpha value is -4.15. The molecule has 0 aliphatic carbocycles. The van der Waals surface area contributed by atoms with Gasteiger partial charge in [-0.1, -0.05) is 43.7 Å². The van der Waals surface area contributed by atoms with Gasteiger partial charge in [0.25, 0.3) is 5.91 Å². The van der Waals surface area contributed by atoms with Crippen LogP contribution in [0.2, 0.25) is 0 Å². The second-order valence-electron chi connectivity index (χ2n) is 9.66. The number of nitriles is 1. The number of thiophene rings is 1. The van der Waals surface area contributed by atoms with E-state index in [0.29, 0.717) is 11.1 Å². The molecular weight excluding hydrogens is 508 g/mol. The molecule has 0 aliphatic heterocycles. The minimum atomic E-state index is -0.948. The van der Waals surface area contributed by atoms with E-state index >= 15 is 0 Å². The fourth-order valence-electron chi connectivity index (χ4n) is 5.17. The van der Waals surface area contributed by atoms with E-state index in [1.165, 1.54) is 5.56 Å². The molecule has 0 saturated carbocycles. The summed E-state index contributed by atoms with van der Waals surface area (Å²) in [4.78, 5) is 23.3. The monoisotopic (exact) mass is 540 g/mol. The molecule has 39 heavy (non-hydrogen) atoms. The van der Waals surface area contributed by atoms with Gasteiger partial charge in [0.2, 0.25) is 0 Å². The van der Waals surface area contributed by atoms with Crippen molar-refractivity contribution in [1.29, 1.82) is 5.26 Å². The lowest BCUT2D eigenvalue weighted by Crippen LogP contribution is -2.26. The highest BCUT2D eigenvalue weighted by Crippen LogP contribution is 2.46. The molecule has 6 nitrogen and oxygen atoms in total. The second-order valence-corrected chi connectivity index (χ2v) is 10.5. The van der Waals surface area contributed by atoms with Crippen molar-refractivity contribution in [3.8, 4) is 11.8 Å². The van der Waals surface area contributed by atoms with E-state index in [-0.39, 0.29) is 30.7 Å². The number of hydrogen-bond acceptors (Lipinski definition) is 5. The molecule has 2 unspecified atom stereocenters. The number of amides is 1. The molecule has 200 valence electrons. The number of rotatable bonds is 11. The van der Waals surface area contributed by atoms with E-state index in [1.54, 1.807) is 18.4 Å². The summed E-state index contributed by atoms with van der Waals surface area (Å²) < 4.78 is 6.42. The Morgan fingerprint density at radius 1 is 1.08 bits per heavy atom. The Morgan fingerprint density at radius 3 is 2.38 bits per heavy atom. The van der Waals surface area contributed by atoms with E-state index in [9.17, 15) is 14.9 Å². The van der Waals surface area contributed by atoms with Gasteiger partial charge in [0.15, 0.2) is 0 Å². The molecule has 2 N–H and O–H groups in total. The summed E-state index contributed by atoms with van der Waals surface area (Å²) >= 11 is 1.61. The van der Waals surface area contributed by atoms with Gasteiger partial charge in [-0.15, -0.1) is 11.3 Å². The van der Waals surface area contributed by atoms with Crippen molar-refractivity contribution >= 4 is 33.3 Å². The normalized spacial score (nSPS) is 12.5. The van der Waals surface area contributed by atoms with Crippen LogP contribution < -0.4 is 10.1 Å². The number of aryl methyl sites for hydroxylation is 1. The van der Waals surface area contributed by atoms with Crippen LogP contribution in [0.15, 0.2) is 66.0 Å². The maximum absolute atomic E-state index is 12.5. The Labute approximate surface area is 232 Å². The van der Waals surface area contributed by atoms with E-state index in [0.717, 1.165) is 45.4 Å². The van der Waals surface area contributed by atoms with E-state index in [2.05, 4.69) is 41.9 Å². The third-order valence-corrected chi connectivity index (χ3v) is 8.05. The zero-order chi connectivity index (χ0) is 27.9. The van der Waals surface area contributed by atoms with Crippen LogP contribution in [0.3, 0.4) is 0 Å². The first-order valence-corrected chi connectivity index (χ1v) is 13.9. The lowest BCUT2D eigenvalue weighted by molar-refractivity contribution is -0.136. The maximum Gasteiger partial charge on any atom is 0.305 e. The number of fused-ring (bicyclic) bond motifs is 1. The molecule has 1 aromatic heterocycles. The highest BCUT2D eigenvalue weighted by Gasteiger charge is 2.29. The lowest BCUT2D eigenvalue weighted by Gasteiger charge is -2.29. The fourth-order valence-corrected chi connectivity index (χ4v) is 6.22. The molecular formula is C32H32N2O4S. The van der Waals surface area contributed by atoms with Gasteiger partial charge < -0.3 is 15.2 Å². The minimum absolute atomic E-state index is 0.0215. The Bertz CT molecular complexity index is 1500. The van der Waals surface area contributed by atoms with Gasteiger partial charge in [-0.2, -0.15) is 5.26 Å². The highest BCUT2D eigenvalue weighted by molar-refractivity contribution is 7.17. The van der Waals surface area contributed by atoms with Crippen molar-refractivity contribution in [2.45, 2.75) is 44.9 Å². The van der Waals surface area contributed by atoms with Gasteiger partial charge in [-0.3, -0.25) is 9.59 Å². The number of carbonyl (C=O) groups is 2. The zero-order valence-corrected chi connectivity index (χ0v) is 23.2. The summed E-state index contributed by atoms with van der Waals surface area (Å²) in [6.45, 7) is 4.28. The largest absolute Gasteiger partial charge is 0.497 e. The molecule has 2 atom stereocenters. The first-order chi connectivity index (χ1) is 18.9. The number of ether oxygens (including phenoxy) is 1. The van der Waals surface area contributed by atoms with Gasteiger partial charge in [0, 0.05) is 18.0 Å². The molecule has 0 aliphatic rings. The second kappa shape index (κ2) is 12.6. The third kappa shape index (κ3) is 6.30. The number of benzene rings is 3. The molecule has 0 bridgehead atoms. The minimum Gasteiger partial charge on any atom is -0.497 e. The molecule has 1 heterocycles. The fraction of sp³-hybridized carbons (Fsp3) is 0.281. The Kier molecular flexibility index (Phi) is 9.00. The topological polar surface area (TPSA) is 99.4 Å². The summed E-state index contributed by atoms with van der Waals surface area (Å²) in [7, 11) is 1.66. The van der Waals surface area contributed by atoms with Crippen LogP contribution in [0.5, 0.6) is 5.75 Å². The molecule has 4 aromatic rings. The van der Waals surface area contributed by atoms with Crippen LogP contribution in [0.25, 0.3) is 10.1 Å². The smallest absolute Gasteiger partial charge is 0.305 e. The van der Waals surface area contributed by atoms with Crippen molar-refractivity contribution in [3.63, 3.8) is 0 Å². The molecule has 1 amide bonds. The van der Waals surface area contributed by atoms with E-state index in [1.807, 2.05) is 49.4 Å². The molecule has 7 heteroatoms. The number of nitrogens with zero attached hydrogens (tertiary/aromatic N) is 1. The van der Waals surface area contributed by atoms with Crippen molar-refractivity contribution in [1.82, 2.24) is 5.32 Å². The van der Waals surface area contributed by atoms with E-state index < -0.39 is 5.97 Å². The molecule has 0 saturated heterocycles. The molecule has 3 aromatic carbocycles. The van der Waals surface area contributed by atoms with Crippen LogP contribution in [0.4, 0.5) is 0 Å². The van der Waals surface area contributed by atoms with Crippen molar-refractivity contribution in [3.05, 3.63) is 99.4 Å². The average Bonchev–Trinajstić information content (AvgIpc) is 3.35. The molecule has 0 fully saturated rings. The Morgan fingerprint density at radius 2 is 1.77 bits per heavy atom. The van der Waals surface area contributed by atoms with Crippen molar-refractivity contribution < 1.29 is 19.4 Å². The number of aliphatic carboxylic acids is 1. The number of methoxy groups -OCH3 is 1. The SMILES string of the molecule is CCCC(c1ccc(C(=O)NCCC(=O)O)cc1)C(c1ccc(OC)cc1)c1csc2c(C#N)cc(C)cc12. The van der Waals surface area contributed by atoms with Gasteiger partial charge in [0.1, 0.15) is 11.8 Å². The molecule has 4 rings (SSSR count). The number of hydrogen-bond donors (Lipinski definition) is 2. The number of nitrogens with one attached hydrogen (secondary N) is 1. The summed E-state index contributed by atoms with van der Waals surface area (Å²) in [6.07, 6.45) is 1.78. The van der Waals surface area contributed by atoms with E-state index in [4.69, 9.17) is 9.84 Å². The van der Waals surface area contributed by atoms with Gasteiger partial charge >= 0.3 is 5.97 Å². The molecule has 0 radical (unpaired) electrons. The quantitative estimate of drug-likeness (QED) is 0.213. The van der Waals surface area contributed by atoms with Gasteiger partial charge in [-0.05, 0) is 82.6 Å². The van der Waals surface area contributed by atoms with Gasteiger partial charge in [0.05, 0.1) is 23.8 Å². The first-order valence-electron chi connectivity index (χ1n) is 13.0. The number of carboxylic acids is 1. The predicted molar refractivity (Wildman–Crippen MR) is 155 cm³/mol.